The Morgan fingerprint density at radius 3 is 2.68 bits per heavy atom. The Morgan fingerprint density at radius 1 is 1.19 bits per heavy atom. The zero-order valence-corrected chi connectivity index (χ0v) is 18.3. The summed E-state index contributed by atoms with van der Waals surface area (Å²) in [4.78, 5) is 26.5. The number of fused-ring (bicyclic) bond motifs is 3. The molecular weight excluding hydrogens is 398 g/mol. The van der Waals surface area contributed by atoms with Crippen molar-refractivity contribution in [2.24, 2.45) is 0 Å². The third-order valence-electron chi connectivity index (χ3n) is 6.38. The minimum absolute atomic E-state index is 0.0101. The number of aliphatic hydroxyl groups excluding tert-OH is 1. The molecular formula is C23H33N3O5. The zero-order valence-electron chi connectivity index (χ0n) is 18.3. The van der Waals surface area contributed by atoms with Crippen molar-refractivity contribution < 1.29 is 24.2 Å². The first-order valence-electron chi connectivity index (χ1n) is 11.2. The number of ether oxygens (including phenoxy) is 2. The number of rotatable bonds is 7. The first-order chi connectivity index (χ1) is 14.9. The molecule has 31 heavy (non-hydrogen) atoms. The maximum absolute atomic E-state index is 12.5. The lowest BCUT2D eigenvalue weighted by Gasteiger charge is -2.37. The van der Waals surface area contributed by atoms with E-state index in [4.69, 9.17) is 9.47 Å². The number of likely N-dealkylation sites (N-methyl/N-ethyl adjacent to an activating group) is 1. The van der Waals surface area contributed by atoms with E-state index in [-0.39, 0.29) is 49.0 Å². The molecule has 2 aliphatic heterocycles. The number of carbonyl (C=O) groups excluding carboxylic acids is 2. The molecule has 2 amide bonds. The normalized spacial score (nSPS) is 27.5. The lowest BCUT2D eigenvalue weighted by molar-refractivity contribution is -0.142. The molecule has 4 rings (SSSR count). The number of hydrogen-bond donors (Lipinski definition) is 3. The number of hydrogen-bond acceptors (Lipinski definition) is 6. The van der Waals surface area contributed by atoms with Crippen LogP contribution in [0, 0.1) is 0 Å². The summed E-state index contributed by atoms with van der Waals surface area (Å²) < 4.78 is 12.1. The molecule has 0 aromatic heterocycles. The van der Waals surface area contributed by atoms with E-state index in [0.29, 0.717) is 13.0 Å². The molecule has 2 fully saturated rings. The zero-order chi connectivity index (χ0) is 22.0. The molecule has 1 aliphatic carbocycles. The van der Waals surface area contributed by atoms with Gasteiger partial charge in [0.25, 0.3) is 0 Å². The number of carbonyl (C=O) groups is 2. The number of anilines is 1. The van der Waals surface area contributed by atoms with E-state index in [1.165, 1.54) is 12.8 Å². The monoisotopic (exact) mass is 431 g/mol. The van der Waals surface area contributed by atoms with E-state index in [1.54, 1.807) is 0 Å². The molecule has 3 aliphatic rings. The molecule has 4 atom stereocenters. The van der Waals surface area contributed by atoms with E-state index in [1.807, 2.05) is 37.2 Å². The first kappa shape index (κ1) is 22.0. The summed E-state index contributed by atoms with van der Waals surface area (Å²) in [6.45, 7) is 0.139. The molecule has 1 saturated carbocycles. The molecule has 0 spiro atoms. The van der Waals surface area contributed by atoms with Crippen molar-refractivity contribution in [1.29, 1.82) is 0 Å². The SMILES string of the molecule is CN(C)CC(=O)Nc1ccc2c(c1)[C@@H]1C[C@@H](CC(=O)NC3CCCC3)O[C@H](CO)[C@@H]1O2. The van der Waals surface area contributed by atoms with Gasteiger partial charge in [0.15, 0.2) is 0 Å². The van der Waals surface area contributed by atoms with Crippen molar-refractivity contribution in [3.8, 4) is 5.75 Å². The van der Waals surface area contributed by atoms with Gasteiger partial charge in [-0.1, -0.05) is 12.8 Å². The fourth-order valence-electron chi connectivity index (χ4n) is 5.02. The lowest BCUT2D eigenvalue weighted by atomic mass is 9.84. The van der Waals surface area contributed by atoms with Gasteiger partial charge in [-0.25, -0.2) is 0 Å². The summed E-state index contributed by atoms with van der Waals surface area (Å²) in [5.74, 6) is 0.688. The summed E-state index contributed by atoms with van der Waals surface area (Å²) >= 11 is 0. The largest absolute Gasteiger partial charge is 0.487 e. The van der Waals surface area contributed by atoms with Crippen molar-refractivity contribution in [1.82, 2.24) is 10.2 Å². The van der Waals surface area contributed by atoms with Crippen molar-refractivity contribution in [3.63, 3.8) is 0 Å². The Morgan fingerprint density at radius 2 is 1.97 bits per heavy atom. The molecule has 1 aromatic rings. The number of aliphatic hydroxyl groups is 1. The van der Waals surface area contributed by atoms with E-state index in [0.717, 1.165) is 29.8 Å². The van der Waals surface area contributed by atoms with Gasteiger partial charge in [0.1, 0.15) is 18.0 Å². The van der Waals surface area contributed by atoms with Crippen LogP contribution in [-0.4, -0.2) is 73.4 Å². The van der Waals surface area contributed by atoms with Gasteiger partial charge in [-0.15, -0.1) is 0 Å². The number of amides is 2. The van der Waals surface area contributed by atoms with Crippen molar-refractivity contribution in [2.45, 2.75) is 68.8 Å². The van der Waals surface area contributed by atoms with Gasteiger partial charge in [0.05, 0.1) is 25.7 Å². The average molecular weight is 432 g/mol. The van der Waals surface area contributed by atoms with Crippen molar-refractivity contribution >= 4 is 17.5 Å². The van der Waals surface area contributed by atoms with Crippen LogP contribution in [0.25, 0.3) is 0 Å². The molecule has 0 radical (unpaired) electrons. The van der Waals surface area contributed by atoms with E-state index in [2.05, 4.69) is 10.6 Å². The molecule has 1 saturated heterocycles. The number of nitrogens with one attached hydrogen (secondary N) is 2. The van der Waals surface area contributed by atoms with Crippen LogP contribution in [0.2, 0.25) is 0 Å². The summed E-state index contributed by atoms with van der Waals surface area (Å²) in [6.07, 6.45) is 4.30. The van der Waals surface area contributed by atoms with Crippen LogP contribution in [0.5, 0.6) is 5.75 Å². The predicted molar refractivity (Wildman–Crippen MR) is 116 cm³/mol. The number of benzene rings is 1. The maximum atomic E-state index is 12.5. The Balaban J connectivity index is 1.44. The third kappa shape index (κ3) is 5.19. The van der Waals surface area contributed by atoms with E-state index >= 15 is 0 Å². The van der Waals surface area contributed by atoms with Crippen molar-refractivity contribution in [3.05, 3.63) is 23.8 Å². The van der Waals surface area contributed by atoms with Crippen molar-refractivity contribution in [2.75, 3.05) is 32.6 Å². The Kier molecular flexibility index (Phi) is 6.79. The summed E-state index contributed by atoms with van der Waals surface area (Å²) in [6, 6.07) is 5.91. The Bertz CT molecular complexity index is 808. The minimum atomic E-state index is -0.484. The molecule has 0 unspecified atom stereocenters. The van der Waals surface area contributed by atoms with Crippen LogP contribution < -0.4 is 15.4 Å². The highest BCUT2D eigenvalue weighted by Crippen LogP contribution is 2.47. The number of nitrogens with zero attached hydrogens (tertiary/aromatic N) is 1. The highest BCUT2D eigenvalue weighted by atomic mass is 16.6. The minimum Gasteiger partial charge on any atom is -0.487 e. The third-order valence-corrected chi connectivity index (χ3v) is 6.38. The topological polar surface area (TPSA) is 100 Å². The smallest absolute Gasteiger partial charge is 0.238 e. The molecule has 8 heteroatoms. The van der Waals surface area contributed by atoms with Gasteiger partial charge in [0.2, 0.25) is 11.8 Å². The fraction of sp³-hybridized carbons (Fsp3) is 0.652. The molecule has 0 bridgehead atoms. The van der Waals surface area contributed by atoms with Crippen LogP contribution in [-0.2, 0) is 14.3 Å². The van der Waals surface area contributed by atoms with Gasteiger partial charge in [-0.2, -0.15) is 0 Å². The molecule has 3 N–H and O–H groups in total. The Hall–Kier alpha value is -2.16. The van der Waals surface area contributed by atoms with E-state index in [9.17, 15) is 14.7 Å². The van der Waals surface area contributed by atoms with Crippen LogP contribution >= 0.6 is 0 Å². The highest BCUT2D eigenvalue weighted by Gasteiger charge is 2.46. The fourth-order valence-corrected chi connectivity index (χ4v) is 5.02. The van der Waals surface area contributed by atoms with Crippen LogP contribution in [0.3, 0.4) is 0 Å². The molecule has 170 valence electrons. The summed E-state index contributed by atoms with van der Waals surface area (Å²) in [5.41, 5.74) is 1.72. The standard InChI is InChI=1S/C23H33N3O5/c1-26(2)12-22(29)25-15-7-8-19-17(9-15)18-10-16(30-20(13-27)23(18)31-19)11-21(28)24-14-5-3-4-6-14/h7-9,14,16,18,20,23,27H,3-6,10-13H2,1-2H3,(H,24,28)(H,25,29)/t16-,18-,20+,23+/m0/s1. The van der Waals surface area contributed by atoms with Gasteiger partial charge in [-0.3, -0.25) is 9.59 Å². The highest BCUT2D eigenvalue weighted by molar-refractivity contribution is 5.92. The van der Waals surface area contributed by atoms with Crippen LogP contribution in [0.1, 0.15) is 50.0 Å². The van der Waals surface area contributed by atoms with Gasteiger partial charge >= 0.3 is 0 Å². The second-order valence-electron chi connectivity index (χ2n) is 9.20. The lowest BCUT2D eigenvalue weighted by Crippen LogP contribution is -2.47. The van der Waals surface area contributed by atoms with Gasteiger partial charge in [0, 0.05) is 23.2 Å². The second kappa shape index (κ2) is 9.54. The summed E-state index contributed by atoms with van der Waals surface area (Å²) in [5, 5.41) is 15.9. The molecule has 2 heterocycles. The molecule has 8 nitrogen and oxygen atoms in total. The van der Waals surface area contributed by atoms with Gasteiger partial charge < -0.3 is 30.1 Å². The van der Waals surface area contributed by atoms with Gasteiger partial charge in [-0.05, 0) is 51.6 Å². The Labute approximate surface area is 183 Å². The second-order valence-corrected chi connectivity index (χ2v) is 9.20. The van der Waals surface area contributed by atoms with Crippen LogP contribution in [0.15, 0.2) is 18.2 Å². The van der Waals surface area contributed by atoms with Crippen LogP contribution in [0.4, 0.5) is 5.69 Å². The van der Waals surface area contributed by atoms with E-state index < -0.39 is 6.10 Å². The molecule has 1 aromatic carbocycles. The predicted octanol–water partition coefficient (Wildman–Crippen LogP) is 1.63. The first-order valence-corrected chi connectivity index (χ1v) is 11.2. The quantitative estimate of drug-likeness (QED) is 0.607. The average Bonchev–Trinajstić information content (AvgIpc) is 3.34. The maximum Gasteiger partial charge on any atom is 0.238 e. The summed E-state index contributed by atoms with van der Waals surface area (Å²) in [7, 11) is 3.70.